The highest BCUT2D eigenvalue weighted by Gasteiger charge is 2.37. The number of pyridine rings is 2. The third kappa shape index (κ3) is 5.26. The van der Waals surface area contributed by atoms with Gasteiger partial charge in [0.25, 0.3) is 0 Å². The summed E-state index contributed by atoms with van der Waals surface area (Å²) in [4.78, 5) is 14.4. The molecule has 0 spiro atoms. The lowest BCUT2D eigenvalue weighted by molar-refractivity contribution is 0.481. The van der Waals surface area contributed by atoms with E-state index in [0.29, 0.717) is 11.2 Å². The highest BCUT2D eigenvalue weighted by Crippen LogP contribution is 2.52. The van der Waals surface area contributed by atoms with E-state index in [9.17, 15) is 5.11 Å². The number of anilines is 6. The molecule has 0 fully saturated rings. The zero-order chi connectivity index (χ0) is 34.6. The van der Waals surface area contributed by atoms with Crippen molar-refractivity contribution < 1.29 is 5.11 Å². The van der Waals surface area contributed by atoms with E-state index in [0.717, 1.165) is 45.2 Å². The summed E-state index contributed by atoms with van der Waals surface area (Å²) >= 11 is 0. The van der Waals surface area contributed by atoms with Crippen LogP contribution in [0.5, 0.6) is 5.75 Å². The van der Waals surface area contributed by atoms with Gasteiger partial charge in [-0.3, -0.25) is 4.90 Å². The summed E-state index contributed by atoms with van der Waals surface area (Å²) in [5, 5.41) is 12.8. The minimum Gasteiger partial charge on any atom is -0.504 e. The van der Waals surface area contributed by atoms with E-state index in [-0.39, 0.29) is 16.6 Å². The molecule has 5 heteroatoms. The summed E-state index contributed by atoms with van der Waals surface area (Å²) in [6.07, 6.45) is 1.92. The first kappa shape index (κ1) is 31.3. The normalized spacial score (nSPS) is 13.5. The molecule has 1 N–H and O–H groups in total. The number of fused-ring (bicyclic) bond motifs is 3. The van der Waals surface area contributed by atoms with Crippen LogP contribution in [0, 0.1) is 0 Å². The van der Waals surface area contributed by atoms with Crippen LogP contribution in [0.4, 0.5) is 34.3 Å². The van der Waals surface area contributed by atoms with Gasteiger partial charge in [0.15, 0.2) is 5.75 Å². The van der Waals surface area contributed by atoms with Gasteiger partial charge in [0.2, 0.25) is 0 Å². The van der Waals surface area contributed by atoms with Gasteiger partial charge >= 0.3 is 0 Å². The van der Waals surface area contributed by atoms with Crippen molar-refractivity contribution in [1.29, 1.82) is 0 Å². The van der Waals surface area contributed by atoms with E-state index >= 15 is 0 Å². The predicted octanol–water partition coefficient (Wildman–Crippen LogP) is 11.9. The van der Waals surface area contributed by atoms with Gasteiger partial charge in [-0.2, -0.15) is 0 Å². The number of aromatic hydroxyl groups is 1. The second-order valence-corrected chi connectivity index (χ2v) is 14.6. The zero-order valence-corrected chi connectivity index (χ0v) is 29.1. The largest absolute Gasteiger partial charge is 0.504 e. The molecule has 0 bridgehead atoms. The van der Waals surface area contributed by atoms with Crippen LogP contribution in [0.1, 0.15) is 51.3 Å². The molecule has 0 saturated heterocycles. The van der Waals surface area contributed by atoms with Gasteiger partial charge in [-0.15, -0.1) is 0 Å². The van der Waals surface area contributed by atoms with Gasteiger partial charge in [-0.25, -0.2) is 9.97 Å². The molecule has 50 heavy (non-hydrogen) atoms. The fourth-order valence-electron chi connectivity index (χ4n) is 7.22. The lowest BCUT2D eigenvalue weighted by Crippen LogP contribution is -2.31. The Kier molecular flexibility index (Phi) is 7.45. The zero-order valence-electron chi connectivity index (χ0n) is 29.1. The predicted molar refractivity (Wildman–Crippen MR) is 207 cm³/mol. The Hall–Kier alpha value is -5.94. The second-order valence-electron chi connectivity index (χ2n) is 14.6. The molecule has 1 aliphatic heterocycles. The maximum absolute atomic E-state index is 11.9. The van der Waals surface area contributed by atoms with Crippen molar-refractivity contribution >= 4 is 45.2 Å². The highest BCUT2D eigenvalue weighted by atomic mass is 16.3. The Balaban J connectivity index is 1.29. The van der Waals surface area contributed by atoms with Crippen LogP contribution >= 0.6 is 0 Å². The standard InChI is InChI=1S/C45H40N4O/c1-44(2,3)32-26-27-46-41(29-32)49-38-19-13-12-18-35(38)45(4,5)36-23-20-31(28-40(36)49)37-24-21-30-22-25-39(43(50)42(30)47-37)48(33-14-8-6-9-15-33)34-16-10-7-11-17-34/h6-29,50H,1-5H3. The smallest absolute Gasteiger partial charge is 0.166 e. The number of aromatic nitrogens is 2. The topological polar surface area (TPSA) is 52.5 Å². The van der Waals surface area contributed by atoms with Gasteiger partial charge in [0.1, 0.15) is 11.3 Å². The Labute approximate surface area is 294 Å². The summed E-state index contributed by atoms with van der Waals surface area (Å²) < 4.78 is 0. The number of rotatable bonds is 5. The first-order valence-corrected chi connectivity index (χ1v) is 17.2. The third-order valence-electron chi connectivity index (χ3n) is 9.95. The minimum absolute atomic E-state index is 0.0244. The van der Waals surface area contributed by atoms with Crippen LogP contribution in [-0.2, 0) is 10.8 Å². The van der Waals surface area contributed by atoms with Crippen LogP contribution in [0.15, 0.2) is 146 Å². The average molecular weight is 653 g/mol. The van der Waals surface area contributed by atoms with Gasteiger partial charge in [0, 0.05) is 33.9 Å². The van der Waals surface area contributed by atoms with Crippen molar-refractivity contribution in [2.45, 2.75) is 45.4 Å². The number of hydrogen-bond donors (Lipinski definition) is 1. The van der Waals surface area contributed by atoms with E-state index in [1.165, 1.54) is 16.7 Å². The van der Waals surface area contributed by atoms with Crippen LogP contribution in [-0.4, -0.2) is 15.1 Å². The molecule has 0 saturated carbocycles. The number of hydrogen-bond acceptors (Lipinski definition) is 5. The fourth-order valence-corrected chi connectivity index (χ4v) is 7.22. The van der Waals surface area contributed by atoms with E-state index in [4.69, 9.17) is 9.97 Å². The molecule has 1 aliphatic rings. The van der Waals surface area contributed by atoms with E-state index in [1.54, 1.807) is 0 Å². The monoisotopic (exact) mass is 652 g/mol. The first-order valence-electron chi connectivity index (χ1n) is 17.2. The molecule has 0 unspecified atom stereocenters. The number of nitrogens with zero attached hydrogens (tertiary/aromatic N) is 4. The van der Waals surface area contributed by atoms with Crippen molar-refractivity contribution in [3.63, 3.8) is 0 Å². The number of phenols is 1. The fraction of sp³-hybridized carbons (Fsp3) is 0.156. The molecule has 246 valence electrons. The van der Waals surface area contributed by atoms with Gasteiger partial charge in [-0.05, 0) is 82.8 Å². The molecule has 0 amide bonds. The van der Waals surface area contributed by atoms with Crippen molar-refractivity contribution in [3.8, 4) is 17.0 Å². The van der Waals surface area contributed by atoms with E-state index in [1.807, 2.05) is 91.1 Å². The van der Waals surface area contributed by atoms with Gasteiger partial charge < -0.3 is 10.0 Å². The Morgan fingerprint density at radius 1 is 0.660 bits per heavy atom. The summed E-state index contributed by atoms with van der Waals surface area (Å²) in [5.74, 6) is 1.02. The van der Waals surface area contributed by atoms with Crippen LogP contribution < -0.4 is 9.80 Å². The lowest BCUT2D eigenvalue weighted by atomic mass is 9.73. The minimum atomic E-state index is -0.231. The summed E-state index contributed by atoms with van der Waals surface area (Å²) in [7, 11) is 0. The molecule has 3 heterocycles. The molecule has 7 aromatic rings. The molecule has 5 aromatic carbocycles. The molecular weight excluding hydrogens is 613 g/mol. The molecule has 0 radical (unpaired) electrons. The summed E-state index contributed by atoms with van der Waals surface area (Å²) in [5.41, 5.74) is 10.5. The van der Waals surface area contributed by atoms with Crippen molar-refractivity contribution in [2.24, 2.45) is 0 Å². The second kappa shape index (κ2) is 11.9. The van der Waals surface area contributed by atoms with Crippen LogP contribution in [0.3, 0.4) is 0 Å². The Bertz CT molecular complexity index is 2320. The van der Waals surface area contributed by atoms with E-state index < -0.39 is 0 Å². The third-order valence-corrected chi connectivity index (χ3v) is 9.95. The number of benzene rings is 5. The molecule has 0 aliphatic carbocycles. The number of para-hydroxylation sites is 3. The van der Waals surface area contributed by atoms with Crippen molar-refractivity contribution in [1.82, 2.24) is 9.97 Å². The molecule has 2 aromatic heterocycles. The molecule has 0 atom stereocenters. The van der Waals surface area contributed by atoms with Gasteiger partial charge in [-0.1, -0.05) is 113 Å². The molecule has 8 rings (SSSR count). The van der Waals surface area contributed by atoms with E-state index in [2.05, 4.69) is 99.0 Å². The maximum atomic E-state index is 11.9. The van der Waals surface area contributed by atoms with Crippen molar-refractivity contribution in [2.75, 3.05) is 9.80 Å². The number of phenolic OH excluding ortho intramolecular Hbond substituents is 1. The molecule has 5 nitrogen and oxygen atoms in total. The quantitative estimate of drug-likeness (QED) is 0.201. The summed E-state index contributed by atoms with van der Waals surface area (Å²) in [6, 6.07) is 47.9. The molecular formula is C45H40N4O. The van der Waals surface area contributed by atoms with Gasteiger partial charge in [0.05, 0.1) is 22.8 Å². The lowest BCUT2D eigenvalue weighted by Gasteiger charge is -2.42. The average Bonchev–Trinajstić information content (AvgIpc) is 3.13. The first-order chi connectivity index (χ1) is 24.1. The van der Waals surface area contributed by atoms with Crippen LogP contribution in [0.25, 0.3) is 22.2 Å². The SMILES string of the molecule is CC(C)(C)c1ccnc(N2c3ccccc3C(C)(C)c3ccc(-c4ccc5ccc(N(c6ccccc6)c6ccccc6)c(O)c5n4)cc32)c1. The summed E-state index contributed by atoms with van der Waals surface area (Å²) in [6.45, 7) is 11.3. The Morgan fingerprint density at radius 2 is 1.30 bits per heavy atom. The Morgan fingerprint density at radius 3 is 2.00 bits per heavy atom. The maximum Gasteiger partial charge on any atom is 0.166 e. The van der Waals surface area contributed by atoms with Crippen molar-refractivity contribution in [3.05, 3.63) is 162 Å². The highest BCUT2D eigenvalue weighted by molar-refractivity contribution is 5.95. The van der Waals surface area contributed by atoms with Crippen LogP contribution in [0.2, 0.25) is 0 Å².